The minimum atomic E-state index is 0.224. The predicted molar refractivity (Wildman–Crippen MR) is 64.1 cm³/mol. The molecule has 0 aliphatic carbocycles. The highest BCUT2D eigenvalue weighted by atomic mass is 32.2. The van der Waals surface area contributed by atoms with Crippen LogP contribution in [-0.2, 0) is 4.79 Å². The van der Waals surface area contributed by atoms with E-state index in [2.05, 4.69) is 17.1 Å². The second kappa shape index (κ2) is 5.21. The van der Waals surface area contributed by atoms with Crippen LogP contribution >= 0.6 is 11.8 Å². The molecule has 2 saturated heterocycles. The molecule has 0 spiro atoms. The number of rotatable bonds is 1. The van der Waals surface area contributed by atoms with Gasteiger partial charge in [-0.3, -0.25) is 4.79 Å². The number of nitrogens with one attached hydrogen (secondary N) is 1. The highest BCUT2D eigenvalue weighted by Gasteiger charge is 2.31. The number of nitrogens with zero attached hydrogens (tertiary/aromatic N) is 1. The van der Waals surface area contributed by atoms with Gasteiger partial charge in [0.15, 0.2) is 0 Å². The predicted octanol–water partition coefficient (Wildman–Crippen LogP) is 0.950. The third kappa shape index (κ3) is 2.67. The van der Waals surface area contributed by atoms with E-state index >= 15 is 0 Å². The van der Waals surface area contributed by atoms with Crippen molar-refractivity contribution in [1.82, 2.24) is 10.2 Å². The SMILES string of the molecule is C[C@H]1NCCC[C@H]1C(=O)N1CCSCC1. The molecule has 2 aliphatic heterocycles. The Morgan fingerprint density at radius 1 is 1.40 bits per heavy atom. The summed E-state index contributed by atoms with van der Waals surface area (Å²) in [5.74, 6) is 2.83. The Morgan fingerprint density at radius 3 is 2.80 bits per heavy atom. The van der Waals surface area contributed by atoms with Crippen LogP contribution in [0.5, 0.6) is 0 Å². The van der Waals surface area contributed by atoms with Crippen molar-refractivity contribution in [3.63, 3.8) is 0 Å². The molecule has 0 aromatic rings. The van der Waals surface area contributed by atoms with E-state index in [0.29, 0.717) is 11.9 Å². The fourth-order valence-corrected chi connectivity index (χ4v) is 3.30. The summed E-state index contributed by atoms with van der Waals surface area (Å²) in [6, 6.07) is 0.362. The summed E-state index contributed by atoms with van der Waals surface area (Å²) >= 11 is 1.95. The van der Waals surface area contributed by atoms with Crippen LogP contribution in [0.4, 0.5) is 0 Å². The van der Waals surface area contributed by atoms with Gasteiger partial charge in [-0.05, 0) is 26.3 Å². The molecule has 0 unspecified atom stereocenters. The van der Waals surface area contributed by atoms with Crippen LogP contribution < -0.4 is 5.32 Å². The van der Waals surface area contributed by atoms with Crippen LogP contribution in [0, 0.1) is 5.92 Å². The molecule has 86 valence electrons. The Morgan fingerprint density at radius 2 is 2.13 bits per heavy atom. The van der Waals surface area contributed by atoms with Gasteiger partial charge < -0.3 is 10.2 Å². The first-order chi connectivity index (χ1) is 7.29. The molecule has 2 heterocycles. The van der Waals surface area contributed by atoms with Gasteiger partial charge in [0.05, 0.1) is 5.92 Å². The number of hydrogen-bond acceptors (Lipinski definition) is 3. The molecule has 1 N–H and O–H groups in total. The minimum Gasteiger partial charge on any atom is -0.341 e. The molecule has 0 aromatic carbocycles. The summed E-state index contributed by atoms with van der Waals surface area (Å²) in [6.45, 7) is 5.11. The lowest BCUT2D eigenvalue weighted by Crippen LogP contribution is -2.50. The molecule has 2 fully saturated rings. The Balaban J connectivity index is 1.92. The van der Waals surface area contributed by atoms with Crippen LogP contribution in [-0.4, -0.2) is 48.0 Å². The van der Waals surface area contributed by atoms with Crippen molar-refractivity contribution in [3.05, 3.63) is 0 Å². The van der Waals surface area contributed by atoms with E-state index in [1.54, 1.807) is 0 Å². The van der Waals surface area contributed by atoms with Crippen molar-refractivity contribution < 1.29 is 4.79 Å². The van der Waals surface area contributed by atoms with E-state index in [0.717, 1.165) is 44.0 Å². The lowest BCUT2D eigenvalue weighted by Gasteiger charge is -2.35. The first kappa shape index (κ1) is 11.3. The number of carbonyl (C=O) groups is 1. The van der Waals surface area contributed by atoms with Gasteiger partial charge in [0.25, 0.3) is 0 Å². The Bertz CT molecular complexity index is 229. The molecule has 0 aromatic heterocycles. The minimum absolute atomic E-state index is 0.224. The summed E-state index contributed by atoms with van der Waals surface area (Å²) in [5, 5.41) is 3.40. The number of carbonyl (C=O) groups excluding carboxylic acids is 1. The average Bonchev–Trinajstić information content (AvgIpc) is 2.30. The fraction of sp³-hybridized carbons (Fsp3) is 0.909. The topological polar surface area (TPSA) is 32.3 Å². The molecular formula is C11H20N2OS. The average molecular weight is 228 g/mol. The van der Waals surface area contributed by atoms with Crippen LogP contribution in [0.15, 0.2) is 0 Å². The largest absolute Gasteiger partial charge is 0.341 e. The van der Waals surface area contributed by atoms with Crippen LogP contribution in [0.3, 0.4) is 0 Å². The number of amides is 1. The Kier molecular flexibility index (Phi) is 3.92. The van der Waals surface area contributed by atoms with Crippen molar-refractivity contribution in [1.29, 1.82) is 0 Å². The molecule has 2 atom stereocenters. The van der Waals surface area contributed by atoms with Crippen molar-refractivity contribution in [3.8, 4) is 0 Å². The van der Waals surface area contributed by atoms with Gasteiger partial charge in [0.2, 0.25) is 5.91 Å². The van der Waals surface area contributed by atoms with Crippen molar-refractivity contribution in [2.75, 3.05) is 31.1 Å². The van der Waals surface area contributed by atoms with Gasteiger partial charge in [-0.25, -0.2) is 0 Å². The smallest absolute Gasteiger partial charge is 0.227 e. The van der Waals surface area contributed by atoms with Gasteiger partial charge in [0.1, 0.15) is 0 Å². The molecule has 4 heteroatoms. The Labute approximate surface area is 96.0 Å². The lowest BCUT2D eigenvalue weighted by atomic mass is 9.90. The van der Waals surface area contributed by atoms with Gasteiger partial charge in [0, 0.05) is 30.6 Å². The summed E-state index contributed by atoms with van der Waals surface area (Å²) in [7, 11) is 0. The molecule has 0 saturated carbocycles. The van der Waals surface area contributed by atoms with E-state index in [4.69, 9.17) is 0 Å². The maximum absolute atomic E-state index is 12.2. The highest BCUT2D eigenvalue weighted by Crippen LogP contribution is 2.21. The monoisotopic (exact) mass is 228 g/mol. The standard InChI is InChI=1S/C11H20N2OS/c1-9-10(3-2-4-12-9)11(14)13-5-7-15-8-6-13/h9-10,12H,2-8H2,1H3/t9-,10-/m1/s1. The second-order valence-corrected chi connectivity index (χ2v) is 5.65. The molecule has 2 rings (SSSR count). The van der Waals surface area contributed by atoms with Crippen LogP contribution in [0.1, 0.15) is 19.8 Å². The second-order valence-electron chi connectivity index (χ2n) is 4.43. The van der Waals surface area contributed by atoms with Crippen LogP contribution in [0.25, 0.3) is 0 Å². The summed E-state index contributed by atoms with van der Waals surface area (Å²) < 4.78 is 0. The van der Waals surface area contributed by atoms with Crippen molar-refractivity contribution in [2.45, 2.75) is 25.8 Å². The highest BCUT2D eigenvalue weighted by molar-refractivity contribution is 7.99. The third-order valence-electron chi connectivity index (χ3n) is 3.40. The lowest BCUT2D eigenvalue weighted by molar-refractivity contribution is -0.136. The zero-order valence-electron chi connectivity index (χ0n) is 9.37. The van der Waals surface area contributed by atoms with E-state index < -0.39 is 0 Å². The molecule has 15 heavy (non-hydrogen) atoms. The van der Waals surface area contributed by atoms with Crippen LogP contribution in [0.2, 0.25) is 0 Å². The van der Waals surface area contributed by atoms with E-state index in [1.807, 2.05) is 11.8 Å². The third-order valence-corrected chi connectivity index (χ3v) is 4.34. The van der Waals surface area contributed by atoms with E-state index in [-0.39, 0.29) is 5.92 Å². The number of thioether (sulfide) groups is 1. The first-order valence-electron chi connectivity index (χ1n) is 5.89. The number of hydrogen-bond donors (Lipinski definition) is 1. The summed E-state index contributed by atoms with van der Waals surface area (Å²) in [6.07, 6.45) is 2.21. The zero-order valence-corrected chi connectivity index (χ0v) is 10.2. The van der Waals surface area contributed by atoms with Gasteiger partial charge in [-0.2, -0.15) is 11.8 Å². The molecule has 0 radical (unpaired) electrons. The number of piperidine rings is 1. The zero-order chi connectivity index (χ0) is 10.7. The van der Waals surface area contributed by atoms with E-state index in [1.165, 1.54) is 0 Å². The Hall–Kier alpha value is -0.220. The maximum atomic E-state index is 12.2. The summed E-state index contributed by atoms with van der Waals surface area (Å²) in [4.78, 5) is 14.3. The van der Waals surface area contributed by atoms with Crippen molar-refractivity contribution in [2.24, 2.45) is 5.92 Å². The van der Waals surface area contributed by atoms with Crippen molar-refractivity contribution >= 4 is 17.7 Å². The van der Waals surface area contributed by atoms with Gasteiger partial charge >= 0.3 is 0 Å². The fourth-order valence-electron chi connectivity index (χ4n) is 2.40. The van der Waals surface area contributed by atoms with Gasteiger partial charge in [-0.1, -0.05) is 0 Å². The quantitative estimate of drug-likeness (QED) is 0.725. The molecule has 2 aliphatic rings. The molecule has 1 amide bonds. The molecule has 3 nitrogen and oxygen atoms in total. The normalized spacial score (nSPS) is 32.7. The van der Waals surface area contributed by atoms with E-state index in [9.17, 15) is 4.79 Å². The van der Waals surface area contributed by atoms with Gasteiger partial charge in [-0.15, -0.1) is 0 Å². The molecular weight excluding hydrogens is 208 g/mol. The summed E-state index contributed by atoms with van der Waals surface area (Å²) in [5.41, 5.74) is 0. The first-order valence-corrected chi connectivity index (χ1v) is 7.04. The molecule has 0 bridgehead atoms. The maximum Gasteiger partial charge on any atom is 0.227 e.